The monoisotopic (exact) mass is 454 g/mol. The van der Waals surface area contributed by atoms with Crippen molar-refractivity contribution < 1.29 is 23.7 Å². The largest absolute Gasteiger partial charge is 0.858 e. The summed E-state index contributed by atoms with van der Waals surface area (Å²) in [6.07, 6.45) is 3.35. The average molecular weight is 454 g/mol. The third-order valence-electron chi connectivity index (χ3n) is 5.64. The van der Waals surface area contributed by atoms with E-state index in [-0.39, 0.29) is 22.5 Å². The van der Waals surface area contributed by atoms with Gasteiger partial charge in [0, 0.05) is 29.8 Å². The number of hydrogen-bond donors (Lipinski definition) is 0. The summed E-state index contributed by atoms with van der Waals surface area (Å²) in [5.41, 5.74) is 2.01. The van der Waals surface area contributed by atoms with Gasteiger partial charge in [0.2, 0.25) is 0 Å². The van der Waals surface area contributed by atoms with Gasteiger partial charge in [0.15, 0.2) is 12.4 Å². The van der Waals surface area contributed by atoms with Gasteiger partial charge < -0.3 is 5.11 Å². The fourth-order valence-corrected chi connectivity index (χ4v) is 4.07. The summed E-state index contributed by atoms with van der Waals surface area (Å²) in [7, 11) is 1.50. The second-order valence-electron chi connectivity index (χ2n) is 7.95. The predicted octanol–water partition coefficient (Wildman–Crippen LogP) is 2.84. The van der Waals surface area contributed by atoms with Crippen LogP contribution < -0.4 is 14.6 Å². The molecule has 2 aromatic carbocycles. The van der Waals surface area contributed by atoms with Gasteiger partial charge >= 0.3 is 5.91 Å². The molecular formula is C26H19FN4O3. The molecule has 1 aliphatic heterocycles. The highest BCUT2D eigenvalue weighted by molar-refractivity contribution is 6.53. The molecule has 0 bridgehead atoms. The molecule has 0 saturated carbocycles. The second-order valence-corrected chi connectivity index (χ2v) is 7.95. The van der Waals surface area contributed by atoms with Gasteiger partial charge in [0.05, 0.1) is 11.4 Å². The van der Waals surface area contributed by atoms with E-state index >= 15 is 0 Å². The zero-order valence-corrected chi connectivity index (χ0v) is 18.4. The summed E-state index contributed by atoms with van der Waals surface area (Å²) < 4.78 is 16.2. The maximum Gasteiger partial charge on any atom is 0.331 e. The van der Waals surface area contributed by atoms with Crippen LogP contribution in [0.2, 0.25) is 0 Å². The van der Waals surface area contributed by atoms with E-state index in [9.17, 15) is 19.1 Å². The van der Waals surface area contributed by atoms with Crippen LogP contribution in [0.15, 0.2) is 79.1 Å². The Morgan fingerprint density at radius 1 is 0.941 bits per heavy atom. The molecule has 0 atom stereocenters. The Morgan fingerprint density at radius 2 is 1.65 bits per heavy atom. The number of carbonyl (C=O) groups excluding carboxylic acids is 2. The Labute approximate surface area is 194 Å². The topological polar surface area (TPSA) is 82.1 Å². The minimum Gasteiger partial charge on any atom is -0.858 e. The van der Waals surface area contributed by atoms with E-state index < -0.39 is 23.5 Å². The van der Waals surface area contributed by atoms with Crippen LogP contribution in [0.1, 0.15) is 11.1 Å². The van der Waals surface area contributed by atoms with Crippen LogP contribution in [0.3, 0.4) is 0 Å². The number of nitrogens with zero attached hydrogens (tertiary/aromatic N) is 4. The molecule has 34 heavy (non-hydrogen) atoms. The third kappa shape index (κ3) is 3.36. The summed E-state index contributed by atoms with van der Waals surface area (Å²) in [6, 6.07) is 17.7. The molecule has 0 spiro atoms. The minimum absolute atomic E-state index is 0.0281. The molecule has 0 N–H and O–H groups in total. The molecule has 2 amide bonds. The number of aryl methyl sites for hydroxylation is 2. The summed E-state index contributed by atoms with van der Waals surface area (Å²) in [5.74, 6) is -2.29. The lowest BCUT2D eigenvalue weighted by molar-refractivity contribution is -0.577. The summed E-state index contributed by atoms with van der Waals surface area (Å²) in [6.45, 7) is 1.86. The van der Waals surface area contributed by atoms with Crippen molar-refractivity contribution >= 4 is 28.8 Å². The molecule has 4 aromatic rings. The zero-order valence-electron chi connectivity index (χ0n) is 18.4. The molecule has 0 fully saturated rings. The Balaban J connectivity index is 1.80. The van der Waals surface area contributed by atoms with E-state index in [0.29, 0.717) is 11.3 Å². The standard InChI is InChI=1S/C26H19FN4O3/c1-16-7-6-14-30(15-16)23-21(25(33)31(26(23)34)19-12-10-18(27)11-13-19)20-22(28-29(2)24(20)32)17-8-4-3-5-9-17/h3-15H,1-2H3. The Hall–Kier alpha value is -4.59. The van der Waals surface area contributed by atoms with E-state index in [4.69, 9.17) is 0 Å². The van der Waals surface area contributed by atoms with Crippen molar-refractivity contribution in [2.75, 3.05) is 4.90 Å². The van der Waals surface area contributed by atoms with Crippen LogP contribution >= 0.6 is 0 Å². The number of pyridine rings is 1. The van der Waals surface area contributed by atoms with Crippen molar-refractivity contribution in [2.24, 2.45) is 7.05 Å². The molecular weight excluding hydrogens is 435 g/mol. The lowest BCUT2D eigenvalue weighted by Gasteiger charge is -2.15. The lowest BCUT2D eigenvalue weighted by Crippen LogP contribution is -2.39. The SMILES string of the molecule is Cc1ccc[n+](C2=C(c3c(-c4ccccc4)nn(C)c3[O-])C(=O)N(c3ccc(F)cc3)C2=O)c1. The molecule has 7 nitrogen and oxygen atoms in total. The first-order valence-electron chi connectivity index (χ1n) is 10.5. The van der Waals surface area contributed by atoms with Crippen LogP contribution in [0.25, 0.3) is 22.5 Å². The van der Waals surface area contributed by atoms with Crippen LogP contribution in [0.4, 0.5) is 10.1 Å². The number of benzene rings is 2. The van der Waals surface area contributed by atoms with E-state index in [1.807, 2.05) is 19.1 Å². The van der Waals surface area contributed by atoms with Crippen molar-refractivity contribution in [1.82, 2.24) is 9.78 Å². The van der Waals surface area contributed by atoms with E-state index in [2.05, 4.69) is 5.10 Å². The van der Waals surface area contributed by atoms with Gasteiger partial charge in [-0.05, 0) is 43.1 Å². The minimum atomic E-state index is -0.678. The van der Waals surface area contributed by atoms with Gasteiger partial charge in [-0.1, -0.05) is 30.3 Å². The molecule has 0 radical (unpaired) electrons. The number of hydrogen-bond acceptors (Lipinski definition) is 4. The number of imide groups is 1. The normalized spacial score (nSPS) is 13.8. The maximum atomic E-state index is 13.8. The first kappa shape index (κ1) is 21.3. The summed E-state index contributed by atoms with van der Waals surface area (Å²) in [5, 5.41) is 17.6. The number of carbonyl (C=O) groups is 2. The van der Waals surface area contributed by atoms with Crippen LogP contribution in [-0.4, -0.2) is 21.6 Å². The molecule has 2 aromatic heterocycles. The molecule has 5 rings (SSSR count). The highest BCUT2D eigenvalue weighted by Gasteiger charge is 2.47. The molecule has 3 heterocycles. The maximum absolute atomic E-state index is 13.8. The first-order chi connectivity index (χ1) is 16.4. The Morgan fingerprint density at radius 3 is 2.32 bits per heavy atom. The molecule has 0 aliphatic carbocycles. The highest BCUT2D eigenvalue weighted by atomic mass is 19.1. The molecule has 8 heteroatoms. The van der Waals surface area contributed by atoms with Crippen molar-refractivity contribution in [3.63, 3.8) is 0 Å². The third-order valence-corrected chi connectivity index (χ3v) is 5.64. The number of rotatable bonds is 4. The molecule has 0 saturated heterocycles. The van der Waals surface area contributed by atoms with Gasteiger partial charge in [0.25, 0.3) is 11.6 Å². The van der Waals surface area contributed by atoms with Crippen molar-refractivity contribution in [3.8, 4) is 17.1 Å². The molecule has 1 aliphatic rings. The van der Waals surface area contributed by atoms with Gasteiger partial charge in [0.1, 0.15) is 11.4 Å². The van der Waals surface area contributed by atoms with Gasteiger partial charge in [-0.15, -0.1) is 0 Å². The quantitative estimate of drug-likeness (QED) is 0.351. The molecule has 0 unspecified atom stereocenters. The van der Waals surface area contributed by atoms with E-state index in [1.54, 1.807) is 42.7 Å². The van der Waals surface area contributed by atoms with E-state index in [0.717, 1.165) is 15.1 Å². The number of anilines is 1. The number of aromatic nitrogens is 3. The predicted molar refractivity (Wildman–Crippen MR) is 121 cm³/mol. The van der Waals surface area contributed by atoms with Crippen LogP contribution in [-0.2, 0) is 16.6 Å². The van der Waals surface area contributed by atoms with Gasteiger partial charge in [-0.2, -0.15) is 9.67 Å². The smallest absolute Gasteiger partial charge is 0.331 e. The fraction of sp³-hybridized carbons (Fsp3) is 0.0769. The highest BCUT2D eigenvalue weighted by Crippen LogP contribution is 2.40. The van der Waals surface area contributed by atoms with Crippen molar-refractivity contribution in [1.29, 1.82) is 0 Å². The first-order valence-corrected chi connectivity index (χ1v) is 10.5. The zero-order chi connectivity index (χ0) is 24.0. The van der Waals surface area contributed by atoms with E-state index in [1.165, 1.54) is 35.9 Å². The van der Waals surface area contributed by atoms with Gasteiger partial charge in [-0.3, -0.25) is 14.3 Å². The average Bonchev–Trinajstić information content (AvgIpc) is 3.26. The fourth-order valence-electron chi connectivity index (χ4n) is 4.07. The van der Waals surface area contributed by atoms with Crippen LogP contribution in [0, 0.1) is 12.7 Å². The molecule has 168 valence electrons. The second kappa shape index (κ2) is 8.08. The van der Waals surface area contributed by atoms with Crippen LogP contribution in [0.5, 0.6) is 5.88 Å². The van der Waals surface area contributed by atoms with Gasteiger partial charge in [-0.25, -0.2) is 9.29 Å². The summed E-state index contributed by atoms with van der Waals surface area (Å²) in [4.78, 5) is 28.4. The lowest BCUT2D eigenvalue weighted by atomic mass is 10.00. The number of amides is 2. The Kier molecular flexibility index (Phi) is 5.05. The summed E-state index contributed by atoms with van der Waals surface area (Å²) >= 11 is 0. The number of halogens is 1. The Bertz CT molecular complexity index is 1470. The van der Waals surface area contributed by atoms with Crippen molar-refractivity contribution in [3.05, 3.63) is 96.1 Å². The van der Waals surface area contributed by atoms with Crippen molar-refractivity contribution in [2.45, 2.75) is 6.92 Å².